The average molecular weight is 377 g/mol. The standard InChI is InChI=1S/C18H23N3O4S/c1-12(8-13-2-4-14(5-3-13)25-10-17(22)23)21-6-7-24-16(9-21)15-11-26-18(19)20-15/h2-5,11-12,16H,6-10H2,1H3,(H2,19,20)(H,22,23). The van der Waals surface area contributed by atoms with Crippen LogP contribution in [0, 0.1) is 0 Å². The van der Waals surface area contributed by atoms with Crippen LogP contribution in [-0.4, -0.2) is 53.3 Å². The van der Waals surface area contributed by atoms with Gasteiger partial charge in [-0.05, 0) is 31.0 Å². The molecule has 1 aliphatic heterocycles. The van der Waals surface area contributed by atoms with E-state index in [1.54, 1.807) is 0 Å². The van der Waals surface area contributed by atoms with Crippen molar-refractivity contribution in [1.82, 2.24) is 9.88 Å². The minimum atomic E-state index is -0.980. The van der Waals surface area contributed by atoms with Gasteiger partial charge >= 0.3 is 5.97 Å². The molecule has 2 aromatic rings. The van der Waals surface area contributed by atoms with Gasteiger partial charge in [-0.25, -0.2) is 9.78 Å². The van der Waals surface area contributed by atoms with E-state index in [9.17, 15) is 4.79 Å². The van der Waals surface area contributed by atoms with Gasteiger partial charge in [0.25, 0.3) is 0 Å². The summed E-state index contributed by atoms with van der Waals surface area (Å²) >= 11 is 1.44. The maximum absolute atomic E-state index is 10.5. The maximum atomic E-state index is 10.5. The molecule has 0 saturated carbocycles. The van der Waals surface area contributed by atoms with Gasteiger partial charge in [0, 0.05) is 24.5 Å². The molecule has 0 amide bonds. The van der Waals surface area contributed by atoms with Crippen molar-refractivity contribution in [3.63, 3.8) is 0 Å². The number of morpholine rings is 1. The molecule has 3 N–H and O–H groups in total. The van der Waals surface area contributed by atoms with Gasteiger partial charge in [-0.2, -0.15) is 0 Å². The van der Waals surface area contributed by atoms with E-state index < -0.39 is 5.97 Å². The molecular weight excluding hydrogens is 354 g/mol. The normalized spacial score (nSPS) is 19.2. The lowest BCUT2D eigenvalue weighted by Crippen LogP contribution is -2.44. The minimum absolute atomic E-state index is 0.0356. The second kappa shape index (κ2) is 8.48. The maximum Gasteiger partial charge on any atom is 0.341 e. The predicted molar refractivity (Wildman–Crippen MR) is 99.5 cm³/mol. The molecule has 1 aliphatic rings. The number of nitrogens with two attached hydrogens (primary N) is 1. The fourth-order valence-corrected chi connectivity index (χ4v) is 3.64. The van der Waals surface area contributed by atoms with Gasteiger partial charge in [0.1, 0.15) is 11.9 Å². The van der Waals surface area contributed by atoms with Crippen LogP contribution in [-0.2, 0) is 16.0 Å². The Morgan fingerprint density at radius 3 is 2.92 bits per heavy atom. The predicted octanol–water partition coefficient (Wildman–Crippen LogP) is 2.19. The van der Waals surface area contributed by atoms with Crippen molar-refractivity contribution in [2.24, 2.45) is 0 Å². The molecule has 8 heteroatoms. The molecular formula is C18H23N3O4S. The zero-order valence-corrected chi connectivity index (χ0v) is 15.4. The van der Waals surface area contributed by atoms with Crippen LogP contribution in [0.1, 0.15) is 24.3 Å². The highest BCUT2D eigenvalue weighted by Gasteiger charge is 2.26. The Morgan fingerprint density at radius 1 is 1.50 bits per heavy atom. The Morgan fingerprint density at radius 2 is 2.27 bits per heavy atom. The number of hydrogen-bond acceptors (Lipinski definition) is 7. The summed E-state index contributed by atoms with van der Waals surface area (Å²) in [4.78, 5) is 17.3. The second-order valence-electron chi connectivity index (χ2n) is 6.34. The Labute approximate surface area is 156 Å². The van der Waals surface area contributed by atoms with Crippen molar-refractivity contribution in [2.45, 2.75) is 25.5 Å². The number of carboxylic acid groups (broad SMARTS) is 1. The number of nitrogens with zero attached hydrogens (tertiary/aromatic N) is 2. The van der Waals surface area contributed by atoms with Crippen molar-refractivity contribution >= 4 is 22.4 Å². The van der Waals surface area contributed by atoms with Crippen LogP contribution in [0.5, 0.6) is 5.75 Å². The number of ether oxygens (including phenoxy) is 2. The highest BCUT2D eigenvalue weighted by Crippen LogP contribution is 2.26. The SMILES string of the molecule is CC(Cc1ccc(OCC(=O)O)cc1)N1CCOC(c2csc(N)n2)C1. The summed E-state index contributed by atoms with van der Waals surface area (Å²) in [6.45, 7) is 4.23. The lowest BCUT2D eigenvalue weighted by Gasteiger charge is -2.36. The number of nitrogen functional groups attached to an aromatic ring is 1. The Kier molecular flexibility index (Phi) is 6.08. The molecule has 0 spiro atoms. The van der Waals surface area contributed by atoms with Crippen molar-refractivity contribution in [2.75, 3.05) is 32.0 Å². The van der Waals surface area contributed by atoms with E-state index in [0.29, 0.717) is 23.5 Å². The van der Waals surface area contributed by atoms with Crippen LogP contribution in [0.15, 0.2) is 29.6 Å². The molecule has 0 bridgehead atoms. The first-order valence-corrected chi connectivity index (χ1v) is 9.39. The summed E-state index contributed by atoms with van der Waals surface area (Å²) in [6, 6.07) is 7.93. The van der Waals surface area contributed by atoms with E-state index in [0.717, 1.165) is 25.2 Å². The average Bonchev–Trinajstić information content (AvgIpc) is 3.07. The summed E-state index contributed by atoms with van der Waals surface area (Å²) in [5.41, 5.74) is 7.82. The van der Waals surface area contributed by atoms with Gasteiger partial charge in [-0.1, -0.05) is 12.1 Å². The van der Waals surface area contributed by atoms with Crippen molar-refractivity contribution in [3.8, 4) is 5.75 Å². The molecule has 1 saturated heterocycles. The third-order valence-corrected chi connectivity index (χ3v) is 5.10. The number of carboxylic acids is 1. The lowest BCUT2D eigenvalue weighted by atomic mass is 10.0. The van der Waals surface area contributed by atoms with Gasteiger partial charge in [-0.3, -0.25) is 4.90 Å². The summed E-state index contributed by atoms with van der Waals surface area (Å²) in [5.74, 6) is -0.414. The van der Waals surface area contributed by atoms with Gasteiger partial charge in [0.05, 0.1) is 12.3 Å². The zero-order valence-electron chi connectivity index (χ0n) is 14.6. The smallest absolute Gasteiger partial charge is 0.341 e. The van der Waals surface area contributed by atoms with E-state index in [-0.39, 0.29) is 12.7 Å². The molecule has 0 aliphatic carbocycles. The molecule has 0 radical (unpaired) electrons. The van der Waals surface area contributed by atoms with Crippen LogP contribution in [0.2, 0.25) is 0 Å². The van der Waals surface area contributed by atoms with Gasteiger partial charge < -0.3 is 20.3 Å². The molecule has 1 aromatic heterocycles. The fraction of sp³-hybridized carbons (Fsp3) is 0.444. The number of rotatable bonds is 7. The van der Waals surface area contributed by atoms with Crippen LogP contribution >= 0.6 is 11.3 Å². The molecule has 2 heterocycles. The first-order chi connectivity index (χ1) is 12.5. The monoisotopic (exact) mass is 377 g/mol. The van der Waals surface area contributed by atoms with Crippen molar-refractivity contribution in [3.05, 3.63) is 40.9 Å². The van der Waals surface area contributed by atoms with Gasteiger partial charge in [0.15, 0.2) is 11.7 Å². The molecule has 7 nitrogen and oxygen atoms in total. The zero-order chi connectivity index (χ0) is 18.5. The van der Waals surface area contributed by atoms with Crippen LogP contribution in [0.4, 0.5) is 5.13 Å². The van der Waals surface area contributed by atoms with E-state index in [4.69, 9.17) is 20.3 Å². The summed E-state index contributed by atoms with van der Waals surface area (Å²) in [5, 5.41) is 11.2. The summed E-state index contributed by atoms with van der Waals surface area (Å²) in [7, 11) is 0. The van der Waals surface area contributed by atoms with Crippen LogP contribution in [0.3, 0.4) is 0 Å². The Balaban J connectivity index is 1.55. The fourth-order valence-electron chi connectivity index (χ4n) is 3.03. The van der Waals surface area contributed by atoms with Crippen molar-refractivity contribution in [1.29, 1.82) is 0 Å². The Hall–Kier alpha value is -2.16. The van der Waals surface area contributed by atoms with E-state index in [2.05, 4.69) is 16.8 Å². The second-order valence-corrected chi connectivity index (χ2v) is 7.23. The van der Waals surface area contributed by atoms with E-state index >= 15 is 0 Å². The van der Waals surface area contributed by atoms with Gasteiger partial charge in [0.2, 0.25) is 0 Å². The number of hydrogen-bond donors (Lipinski definition) is 2. The summed E-state index contributed by atoms with van der Waals surface area (Å²) < 4.78 is 11.0. The third-order valence-electron chi connectivity index (χ3n) is 4.41. The molecule has 140 valence electrons. The molecule has 2 unspecified atom stereocenters. The number of carbonyl (C=O) groups is 1. The number of benzene rings is 1. The van der Waals surface area contributed by atoms with E-state index in [1.165, 1.54) is 16.9 Å². The number of aliphatic carboxylic acids is 1. The van der Waals surface area contributed by atoms with Crippen LogP contribution in [0.25, 0.3) is 0 Å². The number of thiazole rings is 1. The van der Waals surface area contributed by atoms with Gasteiger partial charge in [-0.15, -0.1) is 11.3 Å². The summed E-state index contributed by atoms with van der Waals surface area (Å²) in [6.07, 6.45) is 0.858. The molecule has 3 rings (SSSR count). The molecule has 2 atom stereocenters. The lowest BCUT2D eigenvalue weighted by molar-refractivity contribution is -0.139. The highest BCUT2D eigenvalue weighted by atomic mass is 32.1. The van der Waals surface area contributed by atoms with E-state index in [1.807, 2.05) is 29.6 Å². The first-order valence-electron chi connectivity index (χ1n) is 8.51. The largest absolute Gasteiger partial charge is 0.482 e. The first kappa shape index (κ1) is 18.6. The molecule has 1 aromatic carbocycles. The van der Waals surface area contributed by atoms with Crippen molar-refractivity contribution < 1.29 is 19.4 Å². The third kappa shape index (κ3) is 4.94. The highest BCUT2D eigenvalue weighted by molar-refractivity contribution is 7.13. The minimum Gasteiger partial charge on any atom is -0.482 e. The number of aromatic nitrogens is 1. The quantitative estimate of drug-likeness (QED) is 0.763. The molecule has 26 heavy (non-hydrogen) atoms. The number of anilines is 1. The molecule has 1 fully saturated rings. The Bertz CT molecular complexity index is 734. The topological polar surface area (TPSA) is 97.9 Å². The van der Waals surface area contributed by atoms with Crippen LogP contribution < -0.4 is 10.5 Å².